The Morgan fingerprint density at radius 1 is 0.333 bits per heavy atom. The van der Waals surface area contributed by atoms with Crippen molar-refractivity contribution in [2.45, 2.75) is 0 Å². The molecule has 0 bridgehead atoms. The fourth-order valence-corrected chi connectivity index (χ4v) is 7.23. The SMILES string of the molecule is [2H]c1c([2H])c([2H])c(-c2c([2H])c([2H])c3oc4c(-c5c6ccccc6c(-c6ccc(-c7ccccc7-c7ccccc7)cc6)c6ccccc56)c([2H])c([2H])c([2H])c4c3c2[2H])c([2H])c1[2H]. The second kappa shape index (κ2) is 12.0. The summed E-state index contributed by atoms with van der Waals surface area (Å²) in [6.45, 7) is 0. The van der Waals surface area contributed by atoms with Crippen molar-refractivity contribution in [3.05, 3.63) is 194 Å². The summed E-state index contributed by atoms with van der Waals surface area (Å²) >= 11 is 0. The Bertz CT molecular complexity index is 3440. The van der Waals surface area contributed by atoms with E-state index in [2.05, 4.69) is 48.5 Å². The lowest BCUT2D eigenvalue weighted by Crippen LogP contribution is -1.91. The molecule has 0 saturated heterocycles. The summed E-state index contributed by atoms with van der Waals surface area (Å²) in [4.78, 5) is 0. The van der Waals surface area contributed by atoms with Gasteiger partial charge in [-0.05, 0) is 78.1 Å². The van der Waals surface area contributed by atoms with E-state index in [-0.39, 0.29) is 39.1 Å². The van der Waals surface area contributed by atoms with E-state index in [4.69, 9.17) is 16.8 Å². The maximum Gasteiger partial charge on any atom is 0.143 e. The summed E-state index contributed by atoms with van der Waals surface area (Å²) in [5.74, 6) is 0. The Morgan fingerprint density at radius 3 is 1.57 bits per heavy atom. The molecule has 0 radical (unpaired) electrons. The van der Waals surface area contributed by atoms with Gasteiger partial charge in [0.15, 0.2) is 0 Å². The highest BCUT2D eigenvalue weighted by atomic mass is 16.3. The van der Waals surface area contributed by atoms with Gasteiger partial charge in [0.1, 0.15) is 11.2 Å². The third kappa shape index (κ3) is 4.86. The Labute approximate surface area is 312 Å². The molecule has 10 aromatic rings. The van der Waals surface area contributed by atoms with Crippen molar-refractivity contribution in [1.29, 1.82) is 0 Å². The molecule has 0 saturated carbocycles. The van der Waals surface area contributed by atoms with Crippen LogP contribution >= 0.6 is 0 Å². The van der Waals surface area contributed by atoms with Gasteiger partial charge < -0.3 is 4.42 Å². The van der Waals surface area contributed by atoms with Gasteiger partial charge in [-0.3, -0.25) is 0 Å². The zero-order chi connectivity index (χ0) is 43.3. The van der Waals surface area contributed by atoms with Crippen molar-refractivity contribution in [2.75, 3.05) is 0 Å². The molecule has 1 aromatic heterocycles. The predicted molar refractivity (Wildman–Crippen MR) is 216 cm³/mol. The lowest BCUT2D eigenvalue weighted by Gasteiger charge is -2.18. The first-order valence-corrected chi connectivity index (χ1v) is 16.6. The number of fused-ring (bicyclic) bond motifs is 5. The van der Waals surface area contributed by atoms with Crippen molar-refractivity contribution in [1.82, 2.24) is 0 Å². The third-order valence-electron chi connectivity index (χ3n) is 9.49. The van der Waals surface area contributed by atoms with Crippen molar-refractivity contribution in [3.8, 4) is 55.6 Å². The molecule has 0 fully saturated rings. The summed E-state index contributed by atoms with van der Waals surface area (Å²) in [7, 11) is 0. The summed E-state index contributed by atoms with van der Waals surface area (Å²) in [5, 5.41) is 2.98. The van der Waals surface area contributed by atoms with E-state index in [9.17, 15) is 2.74 Å². The molecule has 1 nitrogen and oxygen atoms in total. The lowest BCUT2D eigenvalue weighted by atomic mass is 9.85. The van der Waals surface area contributed by atoms with Gasteiger partial charge in [0, 0.05) is 21.9 Å². The van der Waals surface area contributed by atoms with Crippen LogP contribution in [0.25, 0.3) is 99.1 Å². The molecule has 0 N–H and O–H groups in total. The first-order valence-electron chi connectivity index (χ1n) is 22.1. The zero-order valence-corrected chi connectivity index (χ0v) is 27.0. The maximum absolute atomic E-state index is 9.42. The van der Waals surface area contributed by atoms with Gasteiger partial charge in [-0.2, -0.15) is 0 Å². The van der Waals surface area contributed by atoms with Gasteiger partial charge in [0.05, 0.1) is 15.1 Å². The van der Waals surface area contributed by atoms with Crippen LogP contribution in [-0.2, 0) is 0 Å². The Hall–Kier alpha value is -6.70. The second-order valence-electron chi connectivity index (χ2n) is 12.3. The molecule has 0 unspecified atom stereocenters. The van der Waals surface area contributed by atoms with Gasteiger partial charge in [0.2, 0.25) is 0 Å². The minimum Gasteiger partial charge on any atom is -0.455 e. The third-order valence-corrected chi connectivity index (χ3v) is 9.49. The molecule has 0 aliphatic carbocycles. The molecule has 0 atom stereocenters. The second-order valence-corrected chi connectivity index (χ2v) is 12.3. The average molecular weight is 660 g/mol. The van der Waals surface area contributed by atoms with E-state index < -0.39 is 66.0 Å². The van der Waals surface area contributed by atoms with Crippen LogP contribution in [0.2, 0.25) is 0 Å². The summed E-state index contributed by atoms with van der Waals surface area (Å²) in [6, 6.07) is 36.4. The normalized spacial score (nSPS) is 14.5. The van der Waals surface area contributed by atoms with Crippen LogP contribution in [0.1, 0.15) is 15.1 Å². The smallest absolute Gasteiger partial charge is 0.143 e. The molecule has 0 spiro atoms. The highest BCUT2D eigenvalue weighted by Crippen LogP contribution is 2.47. The largest absolute Gasteiger partial charge is 0.455 e. The molecule has 0 aliphatic rings. The predicted octanol–water partition coefficient (Wildman–Crippen LogP) is 14.2. The number of furan rings is 1. The highest BCUT2D eigenvalue weighted by Gasteiger charge is 2.20. The van der Waals surface area contributed by atoms with Gasteiger partial charge in [-0.25, -0.2) is 0 Å². The van der Waals surface area contributed by atoms with Gasteiger partial charge >= 0.3 is 0 Å². The molecular formula is C50H32O. The minimum atomic E-state index is -0.661. The fraction of sp³-hybridized carbons (Fsp3) is 0. The van der Waals surface area contributed by atoms with Crippen LogP contribution < -0.4 is 0 Å². The molecule has 0 aliphatic heterocycles. The number of hydrogen-bond donors (Lipinski definition) is 0. The Balaban J connectivity index is 1.25. The van der Waals surface area contributed by atoms with E-state index in [1.807, 2.05) is 78.9 Å². The molecule has 9 aromatic carbocycles. The Morgan fingerprint density at radius 2 is 0.902 bits per heavy atom. The molecule has 238 valence electrons. The van der Waals surface area contributed by atoms with Crippen LogP contribution in [0.3, 0.4) is 0 Å². The van der Waals surface area contributed by atoms with E-state index in [0.717, 1.165) is 54.9 Å². The van der Waals surface area contributed by atoms with Crippen LogP contribution in [0.5, 0.6) is 0 Å². The first kappa shape index (κ1) is 20.1. The Kier molecular flexibility index (Phi) is 4.73. The quantitative estimate of drug-likeness (QED) is 0.168. The molecule has 1 heteroatoms. The standard InChI is InChI=1S/C50H32O/c1-3-14-33(15-4-1)37-30-31-47-46(32-37)44-24-13-25-45(50(44)51-47)49-42-22-11-9-20-40(42)48(41-21-10-12-23-43(41)49)36-28-26-35(27-29-36)39-19-8-7-18-38(39)34-16-5-2-6-17-34/h1-32H/i1D,3D,4D,13D,14D,15D,24D,25D,30D,31D,32D. The minimum absolute atomic E-state index is 0.0323. The zero-order valence-electron chi connectivity index (χ0n) is 38.0. The highest BCUT2D eigenvalue weighted by molar-refractivity contribution is 6.24. The van der Waals surface area contributed by atoms with Crippen LogP contribution in [0.15, 0.2) is 198 Å². The monoisotopic (exact) mass is 659 g/mol. The van der Waals surface area contributed by atoms with E-state index >= 15 is 0 Å². The van der Waals surface area contributed by atoms with Crippen LogP contribution in [0.4, 0.5) is 0 Å². The van der Waals surface area contributed by atoms with E-state index in [1.165, 1.54) is 0 Å². The summed E-state index contributed by atoms with van der Waals surface area (Å²) in [5.41, 5.74) is 5.91. The van der Waals surface area contributed by atoms with Crippen LogP contribution in [0, 0.1) is 0 Å². The van der Waals surface area contributed by atoms with Crippen molar-refractivity contribution in [3.63, 3.8) is 0 Å². The number of hydrogen-bond acceptors (Lipinski definition) is 1. The lowest BCUT2D eigenvalue weighted by molar-refractivity contribution is 0.670. The average Bonchev–Trinajstić information content (AvgIpc) is 3.71. The van der Waals surface area contributed by atoms with Gasteiger partial charge in [-0.15, -0.1) is 0 Å². The summed E-state index contributed by atoms with van der Waals surface area (Å²) in [6.07, 6.45) is 0. The number of rotatable bonds is 5. The van der Waals surface area contributed by atoms with E-state index in [1.54, 1.807) is 0 Å². The number of benzene rings is 9. The van der Waals surface area contributed by atoms with Gasteiger partial charge in [0.25, 0.3) is 0 Å². The summed E-state index contributed by atoms with van der Waals surface area (Å²) < 4.78 is 104. The molecule has 51 heavy (non-hydrogen) atoms. The molecule has 10 rings (SSSR count). The maximum atomic E-state index is 9.42. The first-order chi connectivity index (χ1) is 29.9. The van der Waals surface area contributed by atoms with Crippen LogP contribution in [-0.4, -0.2) is 0 Å². The van der Waals surface area contributed by atoms with Crippen molar-refractivity contribution < 1.29 is 19.5 Å². The molecular weight excluding hydrogens is 617 g/mol. The van der Waals surface area contributed by atoms with Gasteiger partial charge in [-0.1, -0.05) is 182 Å². The molecule has 0 amide bonds. The van der Waals surface area contributed by atoms with Crippen molar-refractivity contribution >= 4 is 43.5 Å². The molecule has 1 heterocycles. The van der Waals surface area contributed by atoms with E-state index in [0.29, 0.717) is 5.56 Å². The number of para-hydroxylation sites is 1. The topological polar surface area (TPSA) is 13.1 Å². The van der Waals surface area contributed by atoms with Crippen molar-refractivity contribution in [2.24, 2.45) is 0 Å². The fourth-order valence-electron chi connectivity index (χ4n) is 7.23.